The molecule has 1 saturated carbocycles. The van der Waals surface area contributed by atoms with Crippen LogP contribution in [0, 0.1) is 22.7 Å². The van der Waals surface area contributed by atoms with Gasteiger partial charge in [-0.05, 0) is 55.0 Å². The van der Waals surface area contributed by atoms with Crippen molar-refractivity contribution in [2.75, 3.05) is 5.73 Å². The molecule has 1 fully saturated rings. The third-order valence-corrected chi connectivity index (χ3v) is 6.56. The van der Waals surface area contributed by atoms with Gasteiger partial charge in [0.2, 0.25) is 0 Å². The summed E-state index contributed by atoms with van der Waals surface area (Å²) in [5.41, 5.74) is 8.96. The summed E-state index contributed by atoms with van der Waals surface area (Å²) in [4.78, 5) is 8.48. The molecule has 0 aliphatic heterocycles. The first-order valence-corrected chi connectivity index (χ1v) is 11.6. The number of benzene rings is 1. The Kier molecular flexibility index (Phi) is 6.89. The molecule has 4 rings (SSSR count). The minimum Gasteiger partial charge on any atom is -0.490 e. The van der Waals surface area contributed by atoms with E-state index in [-0.39, 0.29) is 17.5 Å². The molecule has 0 saturated heterocycles. The molecule has 6 nitrogen and oxygen atoms in total. The molecule has 7 heteroatoms. The number of pyridine rings is 2. The minimum absolute atomic E-state index is 0.123. The molecule has 160 valence electrons. The molecule has 32 heavy (non-hydrogen) atoms. The smallest absolute Gasteiger partial charge is 0.143 e. The summed E-state index contributed by atoms with van der Waals surface area (Å²) in [7, 11) is 0. The number of hydrogen-bond acceptors (Lipinski definition) is 7. The van der Waals surface area contributed by atoms with Crippen LogP contribution in [0.15, 0.2) is 53.8 Å². The zero-order chi connectivity index (χ0) is 22.3. The normalized spacial score (nSPS) is 13.8. The number of nitrogens with two attached hydrogens (primary N) is 1. The summed E-state index contributed by atoms with van der Waals surface area (Å²) in [6, 6.07) is 15.7. The second-order valence-corrected chi connectivity index (χ2v) is 8.67. The van der Waals surface area contributed by atoms with Crippen LogP contribution in [0.3, 0.4) is 0 Å². The Balaban J connectivity index is 1.65. The van der Waals surface area contributed by atoms with Gasteiger partial charge in [0.1, 0.15) is 34.3 Å². The molecule has 2 heterocycles. The maximum Gasteiger partial charge on any atom is 0.143 e. The summed E-state index contributed by atoms with van der Waals surface area (Å²) in [5, 5.41) is 20.2. The molecule has 0 bridgehead atoms. The Morgan fingerprint density at radius 3 is 2.44 bits per heavy atom. The first kappa shape index (κ1) is 21.7. The van der Waals surface area contributed by atoms with Crippen LogP contribution in [-0.2, 0) is 5.75 Å². The van der Waals surface area contributed by atoms with Crippen LogP contribution in [0.2, 0.25) is 0 Å². The third-order valence-electron chi connectivity index (χ3n) is 5.51. The molecular weight excluding hydrogens is 418 g/mol. The van der Waals surface area contributed by atoms with E-state index in [2.05, 4.69) is 22.1 Å². The van der Waals surface area contributed by atoms with E-state index < -0.39 is 0 Å². The fourth-order valence-electron chi connectivity index (χ4n) is 3.90. The predicted molar refractivity (Wildman–Crippen MR) is 125 cm³/mol. The lowest BCUT2D eigenvalue weighted by Gasteiger charge is -2.23. The Hall–Kier alpha value is -3.55. The van der Waals surface area contributed by atoms with Crippen molar-refractivity contribution in [2.45, 2.75) is 49.0 Å². The van der Waals surface area contributed by atoms with Crippen molar-refractivity contribution in [2.24, 2.45) is 0 Å². The third kappa shape index (κ3) is 4.85. The maximum absolute atomic E-state index is 9.95. The first-order chi connectivity index (χ1) is 15.7. The maximum atomic E-state index is 9.95. The Bertz CT molecular complexity index is 1160. The Morgan fingerprint density at radius 2 is 1.78 bits per heavy atom. The van der Waals surface area contributed by atoms with Gasteiger partial charge in [-0.1, -0.05) is 24.6 Å². The van der Waals surface area contributed by atoms with Gasteiger partial charge in [-0.25, -0.2) is 4.98 Å². The van der Waals surface area contributed by atoms with Gasteiger partial charge in [0, 0.05) is 23.7 Å². The fourth-order valence-corrected chi connectivity index (χ4v) is 4.83. The molecule has 0 unspecified atom stereocenters. The second-order valence-electron chi connectivity index (χ2n) is 7.70. The zero-order valence-corrected chi connectivity index (χ0v) is 18.4. The van der Waals surface area contributed by atoms with Crippen molar-refractivity contribution in [3.05, 3.63) is 65.5 Å². The minimum atomic E-state index is 0.123. The molecule has 0 radical (unpaired) electrons. The van der Waals surface area contributed by atoms with Crippen LogP contribution >= 0.6 is 11.8 Å². The van der Waals surface area contributed by atoms with Crippen molar-refractivity contribution < 1.29 is 4.74 Å². The summed E-state index contributed by atoms with van der Waals surface area (Å²) >= 11 is 1.41. The standard InChI is InChI=1S/C25H23N5OS/c26-13-21-23(18-8-10-20(11-9-18)31-19-6-2-1-3-7-19)22(14-27)25(30-24(21)28)32-16-17-5-4-12-29-15-17/h4-5,8-12,15,19H,1-3,6-7,16H2,(H2,28,30). The van der Waals surface area contributed by atoms with Crippen LogP contribution in [-0.4, -0.2) is 16.1 Å². The molecule has 0 amide bonds. The monoisotopic (exact) mass is 441 g/mol. The summed E-state index contributed by atoms with van der Waals surface area (Å²) in [6.45, 7) is 0. The average Bonchev–Trinajstić information content (AvgIpc) is 2.84. The highest BCUT2D eigenvalue weighted by molar-refractivity contribution is 7.98. The number of hydrogen-bond donors (Lipinski definition) is 1. The SMILES string of the molecule is N#Cc1c(N)nc(SCc2cccnc2)c(C#N)c1-c1ccc(OC2CCCCC2)cc1. The van der Waals surface area contributed by atoms with E-state index in [1.54, 1.807) is 12.4 Å². The number of nitriles is 2. The van der Waals surface area contributed by atoms with Crippen molar-refractivity contribution in [1.29, 1.82) is 10.5 Å². The largest absolute Gasteiger partial charge is 0.490 e. The van der Waals surface area contributed by atoms with Crippen LogP contribution < -0.4 is 10.5 Å². The molecule has 0 spiro atoms. The number of nitrogen functional groups attached to an aromatic ring is 1. The Morgan fingerprint density at radius 1 is 1.03 bits per heavy atom. The van der Waals surface area contributed by atoms with Gasteiger partial charge in [-0.2, -0.15) is 10.5 Å². The highest BCUT2D eigenvalue weighted by Crippen LogP contribution is 2.37. The molecule has 0 atom stereocenters. The predicted octanol–water partition coefficient (Wildman–Crippen LogP) is 5.47. The summed E-state index contributed by atoms with van der Waals surface area (Å²) < 4.78 is 6.12. The summed E-state index contributed by atoms with van der Waals surface area (Å²) in [5.74, 6) is 1.51. The second kappa shape index (κ2) is 10.2. The van der Waals surface area contributed by atoms with Gasteiger partial charge in [0.15, 0.2) is 0 Å². The highest BCUT2D eigenvalue weighted by atomic mass is 32.2. The number of aromatic nitrogens is 2. The number of rotatable bonds is 6. The lowest BCUT2D eigenvalue weighted by molar-refractivity contribution is 0.155. The van der Waals surface area contributed by atoms with Crippen LogP contribution in [0.5, 0.6) is 5.75 Å². The van der Waals surface area contributed by atoms with E-state index in [1.165, 1.54) is 31.0 Å². The number of ether oxygens (including phenoxy) is 1. The fraction of sp³-hybridized carbons (Fsp3) is 0.280. The van der Waals surface area contributed by atoms with Crippen LogP contribution in [0.1, 0.15) is 48.8 Å². The van der Waals surface area contributed by atoms with E-state index >= 15 is 0 Å². The molecular formula is C25H23N5OS. The van der Waals surface area contributed by atoms with Gasteiger partial charge in [0.25, 0.3) is 0 Å². The van der Waals surface area contributed by atoms with Gasteiger partial charge in [-0.15, -0.1) is 11.8 Å². The van der Waals surface area contributed by atoms with E-state index in [0.29, 0.717) is 21.9 Å². The van der Waals surface area contributed by atoms with E-state index in [9.17, 15) is 10.5 Å². The first-order valence-electron chi connectivity index (χ1n) is 10.6. The van der Waals surface area contributed by atoms with Gasteiger partial charge < -0.3 is 10.5 Å². The van der Waals surface area contributed by atoms with Crippen molar-refractivity contribution in [1.82, 2.24) is 9.97 Å². The van der Waals surface area contributed by atoms with Crippen molar-refractivity contribution >= 4 is 17.6 Å². The van der Waals surface area contributed by atoms with Crippen molar-refractivity contribution in [3.63, 3.8) is 0 Å². The van der Waals surface area contributed by atoms with Gasteiger partial charge in [-0.3, -0.25) is 4.98 Å². The van der Waals surface area contributed by atoms with Crippen LogP contribution in [0.4, 0.5) is 5.82 Å². The average molecular weight is 442 g/mol. The van der Waals surface area contributed by atoms with E-state index in [1.807, 2.05) is 36.4 Å². The zero-order valence-electron chi connectivity index (χ0n) is 17.6. The molecule has 1 aliphatic carbocycles. The van der Waals surface area contributed by atoms with Gasteiger partial charge >= 0.3 is 0 Å². The van der Waals surface area contributed by atoms with E-state index in [0.717, 1.165) is 29.7 Å². The molecule has 3 aromatic rings. The Labute approximate surface area is 192 Å². The van der Waals surface area contributed by atoms with Gasteiger partial charge in [0.05, 0.1) is 11.7 Å². The molecule has 2 N–H and O–H groups in total. The quantitative estimate of drug-likeness (QED) is 0.505. The lowest BCUT2D eigenvalue weighted by atomic mass is 9.96. The number of thioether (sulfide) groups is 1. The lowest BCUT2D eigenvalue weighted by Crippen LogP contribution is -2.19. The number of anilines is 1. The van der Waals surface area contributed by atoms with Crippen LogP contribution in [0.25, 0.3) is 11.1 Å². The molecule has 1 aliphatic rings. The number of nitrogens with zero attached hydrogens (tertiary/aromatic N) is 4. The molecule has 2 aromatic heterocycles. The topological polar surface area (TPSA) is 109 Å². The molecule has 1 aromatic carbocycles. The van der Waals surface area contributed by atoms with E-state index in [4.69, 9.17) is 10.5 Å². The highest BCUT2D eigenvalue weighted by Gasteiger charge is 2.21. The summed E-state index contributed by atoms with van der Waals surface area (Å²) in [6.07, 6.45) is 9.59. The van der Waals surface area contributed by atoms with Crippen molar-refractivity contribution in [3.8, 4) is 29.0 Å².